The molecule has 5 heteroatoms. The molecule has 0 saturated carbocycles. The number of aromatic amines is 1. The Morgan fingerprint density at radius 1 is 1.07 bits per heavy atom. The van der Waals surface area contributed by atoms with Gasteiger partial charge in [-0.3, -0.25) is 4.79 Å². The fourth-order valence-electron chi connectivity index (χ4n) is 4.13. The fourth-order valence-corrected chi connectivity index (χ4v) is 4.13. The van der Waals surface area contributed by atoms with Crippen LogP contribution in [0, 0.1) is 6.92 Å². The predicted molar refractivity (Wildman–Crippen MR) is 114 cm³/mol. The van der Waals surface area contributed by atoms with Crippen LogP contribution in [0.15, 0.2) is 54.6 Å². The van der Waals surface area contributed by atoms with Gasteiger partial charge < -0.3 is 14.5 Å². The van der Waals surface area contributed by atoms with E-state index in [1.807, 2.05) is 61.5 Å². The summed E-state index contributed by atoms with van der Waals surface area (Å²) in [5.74, 6) is 0.523. The number of H-pyrrole nitrogens is 1. The van der Waals surface area contributed by atoms with E-state index in [0.717, 1.165) is 22.6 Å². The standard InChI is InChI=1S/C25H25NO4/c1-16-23-21(14-19(15-22(23)27)18-8-10-20(29-2)11-9-18)26-24(16)25(28)30-13-12-17-6-4-3-5-7-17/h3-11,19,26H,12-15H2,1-2H3/t19-/m1/s1. The largest absolute Gasteiger partial charge is 0.497 e. The van der Waals surface area contributed by atoms with Gasteiger partial charge in [0.1, 0.15) is 11.4 Å². The molecule has 0 spiro atoms. The molecule has 2 aromatic carbocycles. The molecule has 1 aliphatic carbocycles. The average molecular weight is 403 g/mol. The van der Waals surface area contributed by atoms with Crippen molar-refractivity contribution >= 4 is 11.8 Å². The Bertz CT molecular complexity index is 1050. The first kappa shape index (κ1) is 20.0. The Balaban J connectivity index is 1.47. The third-order valence-electron chi connectivity index (χ3n) is 5.75. The van der Waals surface area contributed by atoms with Gasteiger partial charge in [-0.05, 0) is 48.1 Å². The van der Waals surface area contributed by atoms with Crippen molar-refractivity contribution in [3.63, 3.8) is 0 Å². The zero-order chi connectivity index (χ0) is 21.1. The third kappa shape index (κ3) is 4.01. The van der Waals surface area contributed by atoms with Gasteiger partial charge in [0.15, 0.2) is 5.78 Å². The summed E-state index contributed by atoms with van der Waals surface area (Å²) in [4.78, 5) is 28.7. The molecule has 0 aliphatic heterocycles. The van der Waals surface area contributed by atoms with Crippen LogP contribution in [-0.2, 0) is 17.6 Å². The summed E-state index contributed by atoms with van der Waals surface area (Å²) in [6, 6.07) is 17.7. The summed E-state index contributed by atoms with van der Waals surface area (Å²) >= 11 is 0. The van der Waals surface area contributed by atoms with Crippen LogP contribution in [0.1, 0.15) is 55.6 Å². The lowest BCUT2D eigenvalue weighted by molar-refractivity contribution is 0.0502. The summed E-state index contributed by atoms with van der Waals surface area (Å²) in [5.41, 5.74) is 4.75. The normalized spacial score (nSPS) is 15.5. The molecule has 1 N–H and O–H groups in total. The number of hydrogen-bond acceptors (Lipinski definition) is 4. The molecule has 0 fully saturated rings. The van der Waals surface area contributed by atoms with E-state index in [-0.39, 0.29) is 11.7 Å². The van der Waals surface area contributed by atoms with Gasteiger partial charge in [0, 0.05) is 24.1 Å². The maximum absolute atomic E-state index is 12.9. The Kier molecular flexibility index (Phi) is 5.70. The molecular formula is C25H25NO4. The highest BCUT2D eigenvalue weighted by atomic mass is 16.5. The number of aromatic nitrogens is 1. The van der Waals surface area contributed by atoms with E-state index in [1.165, 1.54) is 0 Å². The van der Waals surface area contributed by atoms with Crippen LogP contribution in [0.5, 0.6) is 5.75 Å². The van der Waals surface area contributed by atoms with Crippen LogP contribution < -0.4 is 4.74 Å². The van der Waals surface area contributed by atoms with E-state index in [1.54, 1.807) is 7.11 Å². The average Bonchev–Trinajstić information content (AvgIpc) is 3.11. The smallest absolute Gasteiger partial charge is 0.355 e. The second kappa shape index (κ2) is 8.57. The van der Waals surface area contributed by atoms with Gasteiger partial charge in [-0.15, -0.1) is 0 Å². The zero-order valence-electron chi connectivity index (χ0n) is 17.2. The third-order valence-corrected chi connectivity index (χ3v) is 5.75. The zero-order valence-corrected chi connectivity index (χ0v) is 17.2. The maximum Gasteiger partial charge on any atom is 0.355 e. The molecule has 0 bridgehead atoms. The number of ketones is 1. The second-order valence-electron chi connectivity index (χ2n) is 7.65. The number of ether oxygens (including phenoxy) is 2. The van der Waals surface area contributed by atoms with Crippen molar-refractivity contribution in [2.75, 3.05) is 13.7 Å². The van der Waals surface area contributed by atoms with Gasteiger partial charge in [0.05, 0.1) is 13.7 Å². The topological polar surface area (TPSA) is 68.4 Å². The summed E-state index contributed by atoms with van der Waals surface area (Å²) in [6.45, 7) is 2.11. The number of nitrogens with one attached hydrogen (secondary N) is 1. The first-order valence-electron chi connectivity index (χ1n) is 10.2. The number of carbonyl (C=O) groups excluding carboxylic acids is 2. The van der Waals surface area contributed by atoms with Crippen molar-refractivity contribution in [2.24, 2.45) is 0 Å². The Morgan fingerprint density at radius 3 is 2.50 bits per heavy atom. The van der Waals surface area contributed by atoms with Gasteiger partial charge in [0.2, 0.25) is 0 Å². The lowest BCUT2D eigenvalue weighted by Crippen LogP contribution is -2.18. The first-order chi connectivity index (χ1) is 14.6. The van der Waals surface area contributed by atoms with Crippen molar-refractivity contribution in [3.05, 3.63) is 88.2 Å². The lowest BCUT2D eigenvalue weighted by atomic mass is 9.81. The maximum atomic E-state index is 12.9. The summed E-state index contributed by atoms with van der Waals surface area (Å²) < 4.78 is 10.7. The quantitative estimate of drug-likeness (QED) is 0.609. The molecular weight excluding hydrogens is 378 g/mol. The van der Waals surface area contributed by atoms with Gasteiger partial charge in [-0.2, -0.15) is 0 Å². The molecule has 1 aliphatic rings. The molecule has 0 radical (unpaired) electrons. The van der Waals surface area contributed by atoms with Crippen molar-refractivity contribution in [1.82, 2.24) is 4.98 Å². The van der Waals surface area contributed by atoms with Crippen molar-refractivity contribution in [2.45, 2.75) is 32.1 Å². The second-order valence-corrected chi connectivity index (χ2v) is 7.65. The number of methoxy groups -OCH3 is 1. The van der Waals surface area contributed by atoms with Crippen molar-refractivity contribution in [1.29, 1.82) is 0 Å². The molecule has 4 rings (SSSR count). The monoisotopic (exact) mass is 403 g/mol. The van der Waals surface area contributed by atoms with Gasteiger partial charge in [-0.25, -0.2) is 4.79 Å². The number of rotatable bonds is 6. The highest BCUT2D eigenvalue weighted by Gasteiger charge is 2.32. The number of carbonyl (C=O) groups is 2. The fraction of sp³-hybridized carbons (Fsp3) is 0.280. The van der Waals surface area contributed by atoms with Gasteiger partial charge in [0.25, 0.3) is 0 Å². The van der Waals surface area contributed by atoms with Crippen molar-refractivity contribution < 1.29 is 19.1 Å². The Hall–Kier alpha value is -3.34. The van der Waals surface area contributed by atoms with Crippen LogP contribution in [0.3, 0.4) is 0 Å². The number of esters is 1. The highest BCUT2D eigenvalue weighted by Crippen LogP contribution is 2.35. The van der Waals surface area contributed by atoms with E-state index >= 15 is 0 Å². The molecule has 0 saturated heterocycles. The summed E-state index contributed by atoms with van der Waals surface area (Å²) in [5, 5.41) is 0. The molecule has 30 heavy (non-hydrogen) atoms. The highest BCUT2D eigenvalue weighted by molar-refractivity contribution is 6.03. The molecule has 154 valence electrons. The Labute approximate surface area is 176 Å². The van der Waals surface area contributed by atoms with Crippen LogP contribution in [0.2, 0.25) is 0 Å². The van der Waals surface area contributed by atoms with Crippen LogP contribution in [0.4, 0.5) is 0 Å². The van der Waals surface area contributed by atoms with Gasteiger partial charge in [-0.1, -0.05) is 42.5 Å². The van der Waals surface area contributed by atoms with E-state index < -0.39 is 5.97 Å². The first-order valence-corrected chi connectivity index (χ1v) is 10.2. The minimum Gasteiger partial charge on any atom is -0.497 e. The lowest BCUT2D eigenvalue weighted by Gasteiger charge is -2.22. The Morgan fingerprint density at radius 2 is 1.80 bits per heavy atom. The van der Waals surface area contributed by atoms with E-state index in [0.29, 0.717) is 42.7 Å². The molecule has 0 amide bonds. The number of hydrogen-bond donors (Lipinski definition) is 1. The molecule has 1 heterocycles. The molecule has 1 atom stereocenters. The van der Waals surface area contributed by atoms with E-state index in [9.17, 15) is 9.59 Å². The minimum absolute atomic E-state index is 0.0640. The van der Waals surface area contributed by atoms with Crippen LogP contribution in [0.25, 0.3) is 0 Å². The molecule has 1 aromatic heterocycles. The summed E-state index contributed by atoms with van der Waals surface area (Å²) in [6.07, 6.45) is 1.77. The number of Topliss-reactive ketones (excluding diaryl/α,β-unsaturated/α-hetero) is 1. The van der Waals surface area contributed by atoms with Crippen LogP contribution >= 0.6 is 0 Å². The van der Waals surface area contributed by atoms with Gasteiger partial charge >= 0.3 is 5.97 Å². The molecule has 5 nitrogen and oxygen atoms in total. The van der Waals surface area contributed by atoms with E-state index in [2.05, 4.69) is 4.98 Å². The number of benzene rings is 2. The minimum atomic E-state index is -0.411. The van der Waals surface area contributed by atoms with Crippen molar-refractivity contribution in [3.8, 4) is 5.75 Å². The molecule has 3 aromatic rings. The SMILES string of the molecule is COc1ccc([C@H]2CC(=O)c3c([nH]c(C(=O)OCCc4ccccc4)c3C)C2)cc1. The summed E-state index contributed by atoms with van der Waals surface area (Å²) in [7, 11) is 1.63. The predicted octanol–water partition coefficient (Wildman–Crippen LogP) is 4.64. The van der Waals surface area contributed by atoms with E-state index in [4.69, 9.17) is 9.47 Å². The number of fused-ring (bicyclic) bond motifs is 1. The molecule has 0 unspecified atom stereocenters. The van der Waals surface area contributed by atoms with Crippen LogP contribution in [-0.4, -0.2) is 30.5 Å².